The first kappa shape index (κ1) is 16.2. The van der Waals surface area contributed by atoms with Crippen LogP contribution in [0, 0.1) is 11.3 Å². The lowest BCUT2D eigenvalue weighted by Crippen LogP contribution is -2.43. The van der Waals surface area contributed by atoms with E-state index in [2.05, 4.69) is 37.6 Å². The van der Waals surface area contributed by atoms with Gasteiger partial charge in [0.05, 0.1) is 6.10 Å². The Hall–Kier alpha value is -0.870. The van der Waals surface area contributed by atoms with Crippen molar-refractivity contribution in [2.45, 2.75) is 46.1 Å². The van der Waals surface area contributed by atoms with E-state index in [1.807, 2.05) is 0 Å². The van der Waals surface area contributed by atoms with Crippen molar-refractivity contribution in [1.29, 1.82) is 0 Å². The zero-order valence-electron chi connectivity index (χ0n) is 12.5. The number of nitrogens with zero attached hydrogens (tertiary/aromatic N) is 1. The van der Waals surface area contributed by atoms with Crippen LogP contribution in [0.15, 0.2) is 12.8 Å². The van der Waals surface area contributed by atoms with Gasteiger partial charge >= 0.3 is 0 Å². The fourth-order valence-corrected chi connectivity index (χ4v) is 2.33. The number of carbonyl (C=O) groups excluding carboxylic acids is 1. The Morgan fingerprint density at radius 2 is 2.05 bits per heavy atom. The van der Waals surface area contributed by atoms with E-state index in [1.54, 1.807) is 0 Å². The minimum absolute atomic E-state index is 0.0585. The highest BCUT2D eigenvalue weighted by molar-refractivity contribution is 5.77. The fraction of sp³-hybridized carbons (Fsp3) is 0.800. The molecule has 0 aliphatic carbocycles. The van der Waals surface area contributed by atoms with E-state index in [9.17, 15) is 9.90 Å². The molecule has 1 fully saturated rings. The summed E-state index contributed by atoms with van der Waals surface area (Å²) in [7, 11) is 0. The molecule has 1 rings (SSSR count). The van der Waals surface area contributed by atoms with Crippen molar-refractivity contribution in [2.75, 3.05) is 19.6 Å². The fourth-order valence-electron chi connectivity index (χ4n) is 2.33. The molecule has 1 saturated heterocycles. The summed E-state index contributed by atoms with van der Waals surface area (Å²) in [6.07, 6.45) is 3.79. The second kappa shape index (κ2) is 7.06. The van der Waals surface area contributed by atoms with Crippen LogP contribution in [0.4, 0.5) is 0 Å². The van der Waals surface area contributed by atoms with E-state index in [0.29, 0.717) is 12.3 Å². The quantitative estimate of drug-likeness (QED) is 0.799. The molecule has 0 aromatic carbocycles. The van der Waals surface area contributed by atoms with Crippen LogP contribution in [-0.4, -0.2) is 41.7 Å². The van der Waals surface area contributed by atoms with Crippen LogP contribution >= 0.6 is 0 Å². The molecule has 1 amide bonds. The molecule has 0 bridgehead atoms. The molecule has 4 nitrogen and oxygen atoms in total. The van der Waals surface area contributed by atoms with Gasteiger partial charge in [-0.15, -0.1) is 0 Å². The van der Waals surface area contributed by atoms with Crippen molar-refractivity contribution in [3.8, 4) is 0 Å². The average molecular weight is 268 g/mol. The molecule has 0 radical (unpaired) electrons. The molecule has 19 heavy (non-hydrogen) atoms. The monoisotopic (exact) mass is 268 g/mol. The van der Waals surface area contributed by atoms with Gasteiger partial charge in [0.15, 0.2) is 0 Å². The lowest BCUT2D eigenvalue weighted by molar-refractivity contribution is -0.121. The molecule has 0 aromatic rings. The number of rotatable bonds is 5. The number of piperidine rings is 1. The highest BCUT2D eigenvalue weighted by atomic mass is 16.3. The van der Waals surface area contributed by atoms with Crippen LogP contribution in [0.3, 0.4) is 0 Å². The number of carbonyl (C=O) groups is 1. The lowest BCUT2D eigenvalue weighted by atomic mass is 9.87. The molecular formula is C15H28N2O2. The van der Waals surface area contributed by atoms with E-state index in [-0.39, 0.29) is 17.4 Å². The Kier molecular flexibility index (Phi) is 6.01. The summed E-state index contributed by atoms with van der Waals surface area (Å²) in [5, 5.41) is 12.7. The van der Waals surface area contributed by atoms with Gasteiger partial charge in [0.2, 0.25) is 5.91 Å². The summed E-state index contributed by atoms with van der Waals surface area (Å²) in [6.45, 7) is 12.3. The number of likely N-dealkylation sites (tertiary alicyclic amines) is 1. The number of β-amino-alcohol motifs (C(OH)–C–C–N with tert-alkyl or cyclic N) is 1. The van der Waals surface area contributed by atoms with E-state index in [0.717, 1.165) is 32.5 Å². The second-order valence-corrected chi connectivity index (χ2v) is 6.60. The first-order valence-electron chi connectivity index (χ1n) is 7.13. The smallest absolute Gasteiger partial charge is 0.224 e. The molecule has 1 aliphatic heterocycles. The van der Waals surface area contributed by atoms with Gasteiger partial charge in [0.25, 0.3) is 0 Å². The van der Waals surface area contributed by atoms with E-state index in [1.165, 1.54) is 6.20 Å². The summed E-state index contributed by atoms with van der Waals surface area (Å²) in [5.41, 5.74) is -0.0688. The Morgan fingerprint density at radius 1 is 1.47 bits per heavy atom. The maximum Gasteiger partial charge on any atom is 0.224 e. The second-order valence-electron chi connectivity index (χ2n) is 6.60. The summed E-state index contributed by atoms with van der Waals surface area (Å²) in [6, 6.07) is 0. The van der Waals surface area contributed by atoms with Crippen molar-refractivity contribution in [3.63, 3.8) is 0 Å². The minimum atomic E-state index is -0.298. The number of aliphatic hydroxyl groups is 1. The summed E-state index contributed by atoms with van der Waals surface area (Å²) >= 11 is 0. The normalized spacial score (nSPS) is 20.0. The number of amides is 1. The molecular weight excluding hydrogens is 240 g/mol. The molecule has 110 valence electrons. The predicted molar refractivity (Wildman–Crippen MR) is 77.6 cm³/mol. The SMILES string of the molecule is C=CNC(=O)CC1CCN(CC(O)C(C)(C)C)CC1. The van der Waals surface area contributed by atoms with Crippen molar-refractivity contribution in [2.24, 2.45) is 11.3 Å². The highest BCUT2D eigenvalue weighted by Gasteiger charge is 2.27. The average Bonchev–Trinajstić information content (AvgIpc) is 2.30. The van der Waals surface area contributed by atoms with Gasteiger partial charge in [-0.25, -0.2) is 0 Å². The molecule has 1 heterocycles. The molecule has 0 saturated carbocycles. The van der Waals surface area contributed by atoms with Crippen molar-refractivity contribution in [3.05, 3.63) is 12.8 Å². The Labute approximate surface area is 116 Å². The van der Waals surface area contributed by atoms with Crippen LogP contribution in [0.1, 0.15) is 40.0 Å². The molecule has 4 heteroatoms. The van der Waals surface area contributed by atoms with Crippen LogP contribution in [0.5, 0.6) is 0 Å². The highest BCUT2D eigenvalue weighted by Crippen LogP contribution is 2.24. The van der Waals surface area contributed by atoms with Gasteiger partial charge in [0, 0.05) is 13.0 Å². The van der Waals surface area contributed by atoms with Gasteiger partial charge in [-0.1, -0.05) is 27.4 Å². The Bertz CT molecular complexity index is 302. The van der Waals surface area contributed by atoms with Gasteiger partial charge < -0.3 is 15.3 Å². The number of nitrogens with one attached hydrogen (secondary N) is 1. The van der Waals surface area contributed by atoms with Crippen molar-refractivity contribution in [1.82, 2.24) is 10.2 Å². The molecule has 0 aromatic heterocycles. The van der Waals surface area contributed by atoms with E-state index < -0.39 is 0 Å². The summed E-state index contributed by atoms with van der Waals surface area (Å²) < 4.78 is 0. The maximum absolute atomic E-state index is 11.5. The maximum atomic E-state index is 11.5. The van der Waals surface area contributed by atoms with Gasteiger partial charge in [0.1, 0.15) is 0 Å². The molecule has 0 spiro atoms. The van der Waals surface area contributed by atoms with Crippen molar-refractivity contribution >= 4 is 5.91 Å². The first-order chi connectivity index (χ1) is 8.82. The van der Waals surface area contributed by atoms with Crippen LogP contribution in [-0.2, 0) is 4.79 Å². The zero-order valence-corrected chi connectivity index (χ0v) is 12.5. The van der Waals surface area contributed by atoms with Crippen LogP contribution in [0.25, 0.3) is 0 Å². The van der Waals surface area contributed by atoms with Gasteiger partial charge in [-0.05, 0) is 43.5 Å². The van der Waals surface area contributed by atoms with E-state index >= 15 is 0 Å². The molecule has 1 atom stereocenters. The predicted octanol–water partition coefficient (Wildman–Crippen LogP) is 1.76. The summed E-state index contributed by atoms with van der Waals surface area (Å²) in [4.78, 5) is 13.8. The number of hydrogen-bond donors (Lipinski definition) is 2. The van der Waals surface area contributed by atoms with E-state index in [4.69, 9.17) is 0 Å². The summed E-state index contributed by atoms with van der Waals surface area (Å²) in [5.74, 6) is 0.520. The van der Waals surface area contributed by atoms with Gasteiger partial charge in [-0.3, -0.25) is 4.79 Å². The van der Waals surface area contributed by atoms with Crippen molar-refractivity contribution < 1.29 is 9.90 Å². The van der Waals surface area contributed by atoms with Gasteiger partial charge in [-0.2, -0.15) is 0 Å². The van der Waals surface area contributed by atoms with Crippen LogP contribution < -0.4 is 5.32 Å². The molecule has 1 unspecified atom stereocenters. The van der Waals surface area contributed by atoms with Crippen LogP contribution in [0.2, 0.25) is 0 Å². The standard InChI is InChI=1S/C15H28N2O2/c1-5-16-14(19)10-12-6-8-17(9-7-12)11-13(18)15(2,3)4/h5,12-13,18H,1,6-11H2,2-4H3,(H,16,19). The molecule has 2 N–H and O–H groups in total. The zero-order chi connectivity index (χ0) is 14.5. The number of aliphatic hydroxyl groups excluding tert-OH is 1. The third kappa shape index (κ3) is 5.74. The Morgan fingerprint density at radius 3 is 2.53 bits per heavy atom. The lowest BCUT2D eigenvalue weighted by Gasteiger charge is -2.36. The number of hydrogen-bond acceptors (Lipinski definition) is 3. The topological polar surface area (TPSA) is 52.6 Å². The third-order valence-electron chi connectivity index (χ3n) is 3.88. The Balaban J connectivity index is 2.29. The first-order valence-corrected chi connectivity index (χ1v) is 7.13. The molecule has 1 aliphatic rings. The largest absolute Gasteiger partial charge is 0.391 e. The minimum Gasteiger partial charge on any atom is -0.391 e. The third-order valence-corrected chi connectivity index (χ3v) is 3.88.